The average Bonchev–Trinajstić information content (AvgIpc) is 2.72. The van der Waals surface area contributed by atoms with E-state index in [0.29, 0.717) is 12.6 Å². The number of hydrogen-bond acceptors (Lipinski definition) is 4. The Labute approximate surface area is 95.6 Å². The summed E-state index contributed by atoms with van der Waals surface area (Å²) in [7, 11) is 0. The number of amides is 1. The van der Waals surface area contributed by atoms with Gasteiger partial charge in [-0.25, -0.2) is 5.84 Å². The Bertz CT molecular complexity index is 347. The summed E-state index contributed by atoms with van der Waals surface area (Å²) in [4.78, 5) is 13.4. The molecule has 1 heterocycles. The van der Waals surface area contributed by atoms with Crippen LogP contribution in [0.4, 0.5) is 0 Å². The lowest BCUT2D eigenvalue weighted by Crippen LogP contribution is -2.30. The van der Waals surface area contributed by atoms with Crippen molar-refractivity contribution in [3.8, 4) is 0 Å². The fourth-order valence-corrected chi connectivity index (χ4v) is 1.52. The molecule has 0 bridgehead atoms. The maximum atomic E-state index is 11.2. The monoisotopic (exact) mass is 225 g/mol. The van der Waals surface area contributed by atoms with E-state index in [0.717, 1.165) is 12.3 Å². The van der Waals surface area contributed by atoms with Crippen LogP contribution in [-0.2, 0) is 6.54 Å². The number of hydrogen-bond donors (Lipinski definition) is 2. The zero-order valence-corrected chi connectivity index (χ0v) is 9.99. The smallest absolute Gasteiger partial charge is 0.300 e. The molecule has 1 amide bonds. The molecule has 1 rings (SSSR count). The summed E-state index contributed by atoms with van der Waals surface area (Å²) in [6.07, 6.45) is 0. The molecule has 0 spiro atoms. The number of furan rings is 1. The average molecular weight is 225 g/mol. The Morgan fingerprint density at radius 3 is 2.75 bits per heavy atom. The number of rotatable bonds is 5. The maximum absolute atomic E-state index is 11.2. The third kappa shape index (κ3) is 3.08. The highest BCUT2D eigenvalue weighted by atomic mass is 16.4. The van der Waals surface area contributed by atoms with Crippen molar-refractivity contribution in [3.05, 3.63) is 23.7 Å². The first-order valence-electron chi connectivity index (χ1n) is 5.42. The van der Waals surface area contributed by atoms with Gasteiger partial charge in [0, 0.05) is 6.04 Å². The SMILES string of the molecule is CCN(Cc1ccc(C(=O)NN)o1)C(C)C. The summed E-state index contributed by atoms with van der Waals surface area (Å²) in [5.41, 5.74) is 2.04. The van der Waals surface area contributed by atoms with Crippen LogP contribution in [-0.4, -0.2) is 23.4 Å². The van der Waals surface area contributed by atoms with Crippen LogP contribution >= 0.6 is 0 Å². The predicted molar refractivity (Wildman–Crippen MR) is 61.6 cm³/mol. The van der Waals surface area contributed by atoms with E-state index >= 15 is 0 Å². The van der Waals surface area contributed by atoms with Crippen molar-refractivity contribution in [2.45, 2.75) is 33.4 Å². The highest BCUT2D eigenvalue weighted by Crippen LogP contribution is 2.12. The highest BCUT2D eigenvalue weighted by molar-refractivity contribution is 5.90. The van der Waals surface area contributed by atoms with Crippen LogP contribution in [0.1, 0.15) is 37.1 Å². The molecule has 3 N–H and O–H groups in total. The molecule has 5 nitrogen and oxygen atoms in total. The van der Waals surface area contributed by atoms with Crippen molar-refractivity contribution in [1.29, 1.82) is 0 Å². The van der Waals surface area contributed by atoms with Crippen molar-refractivity contribution in [3.63, 3.8) is 0 Å². The number of carbonyl (C=O) groups is 1. The second kappa shape index (κ2) is 5.67. The minimum atomic E-state index is -0.404. The molecular formula is C11H19N3O2. The molecule has 90 valence electrons. The van der Waals surface area contributed by atoms with Crippen molar-refractivity contribution in [2.75, 3.05) is 6.54 Å². The number of nitrogens with zero attached hydrogens (tertiary/aromatic N) is 1. The Morgan fingerprint density at radius 1 is 1.56 bits per heavy atom. The fraction of sp³-hybridized carbons (Fsp3) is 0.545. The number of nitrogen functional groups attached to an aromatic ring is 1. The van der Waals surface area contributed by atoms with Crippen LogP contribution in [0.3, 0.4) is 0 Å². The second-order valence-electron chi connectivity index (χ2n) is 3.90. The minimum Gasteiger partial charge on any atom is -0.455 e. The van der Waals surface area contributed by atoms with E-state index < -0.39 is 5.91 Å². The van der Waals surface area contributed by atoms with E-state index in [1.807, 2.05) is 5.43 Å². The molecule has 0 saturated heterocycles. The summed E-state index contributed by atoms with van der Waals surface area (Å²) < 4.78 is 5.39. The third-order valence-corrected chi connectivity index (χ3v) is 2.51. The summed E-state index contributed by atoms with van der Waals surface area (Å²) in [5.74, 6) is 5.64. The zero-order chi connectivity index (χ0) is 12.1. The minimum absolute atomic E-state index is 0.248. The van der Waals surface area contributed by atoms with Gasteiger partial charge < -0.3 is 4.42 Å². The number of nitrogens with one attached hydrogen (secondary N) is 1. The number of nitrogens with two attached hydrogens (primary N) is 1. The lowest BCUT2D eigenvalue weighted by atomic mass is 10.3. The van der Waals surface area contributed by atoms with Crippen LogP contribution in [0.2, 0.25) is 0 Å². The summed E-state index contributed by atoms with van der Waals surface area (Å²) >= 11 is 0. The molecule has 0 aliphatic heterocycles. The van der Waals surface area contributed by atoms with Crippen LogP contribution in [0.25, 0.3) is 0 Å². The van der Waals surface area contributed by atoms with Gasteiger partial charge in [0.2, 0.25) is 0 Å². The predicted octanol–water partition coefficient (Wildman–Crippen LogP) is 1.11. The van der Waals surface area contributed by atoms with E-state index in [9.17, 15) is 4.79 Å². The van der Waals surface area contributed by atoms with Crippen LogP contribution < -0.4 is 11.3 Å². The molecule has 5 heteroatoms. The van der Waals surface area contributed by atoms with Crippen molar-refractivity contribution >= 4 is 5.91 Å². The lowest BCUT2D eigenvalue weighted by Gasteiger charge is -2.23. The summed E-state index contributed by atoms with van der Waals surface area (Å²) in [6, 6.07) is 3.88. The van der Waals surface area contributed by atoms with E-state index in [-0.39, 0.29) is 5.76 Å². The third-order valence-electron chi connectivity index (χ3n) is 2.51. The molecule has 0 atom stereocenters. The Kier molecular flexibility index (Phi) is 4.52. The van der Waals surface area contributed by atoms with Gasteiger partial charge in [0.05, 0.1) is 6.54 Å². The molecule has 16 heavy (non-hydrogen) atoms. The molecule has 1 aromatic rings. The molecule has 1 aromatic heterocycles. The van der Waals surface area contributed by atoms with Crippen molar-refractivity contribution in [1.82, 2.24) is 10.3 Å². The first kappa shape index (κ1) is 12.7. The summed E-state index contributed by atoms with van der Waals surface area (Å²) in [6.45, 7) is 7.99. The van der Waals surface area contributed by atoms with Crippen LogP contribution in [0, 0.1) is 0 Å². The maximum Gasteiger partial charge on any atom is 0.300 e. The molecule has 0 unspecified atom stereocenters. The van der Waals surface area contributed by atoms with Crippen LogP contribution in [0.15, 0.2) is 16.5 Å². The zero-order valence-electron chi connectivity index (χ0n) is 9.99. The van der Waals surface area contributed by atoms with Gasteiger partial charge in [0.25, 0.3) is 0 Å². The van der Waals surface area contributed by atoms with Gasteiger partial charge in [-0.3, -0.25) is 15.1 Å². The topological polar surface area (TPSA) is 71.5 Å². The molecule has 0 saturated carbocycles. The quantitative estimate of drug-likeness (QED) is 0.447. The molecule has 0 fully saturated rings. The van der Waals surface area contributed by atoms with E-state index in [4.69, 9.17) is 10.3 Å². The van der Waals surface area contributed by atoms with Gasteiger partial charge in [-0.2, -0.15) is 0 Å². The normalized spacial score (nSPS) is 11.1. The van der Waals surface area contributed by atoms with Gasteiger partial charge in [-0.05, 0) is 32.5 Å². The first-order chi connectivity index (χ1) is 7.58. The number of hydrazine groups is 1. The molecule has 0 aliphatic rings. The van der Waals surface area contributed by atoms with E-state index in [2.05, 4.69) is 25.7 Å². The Balaban J connectivity index is 2.67. The van der Waals surface area contributed by atoms with Crippen molar-refractivity contribution in [2.24, 2.45) is 5.84 Å². The second-order valence-corrected chi connectivity index (χ2v) is 3.90. The Morgan fingerprint density at radius 2 is 2.25 bits per heavy atom. The van der Waals surface area contributed by atoms with E-state index in [1.165, 1.54) is 0 Å². The lowest BCUT2D eigenvalue weighted by molar-refractivity contribution is 0.0921. The van der Waals surface area contributed by atoms with Crippen molar-refractivity contribution < 1.29 is 9.21 Å². The van der Waals surface area contributed by atoms with Gasteiger partial charge >= 0.3 is 5.91 Å². The standard InChI is InChI=1S/C11H19N3O2/c1-4-14(8(2)3)7-9-5-6-10(16-9)11(15)13-12/h5-6,8H,4,7,12H2,1-3H3,(H,13,15). The van der Waals surface area contributed by atoms with E-state index in [1.54, 1.807) is 12.1 Å². The molecule has 0 aromatic carbocycles. The molecule has 0 aliphatic carbocycles. The largest absolute Gasteiger partial charge is 0.455 e. The molecular weight excluding hydrogens is 206 g/mol. The highest BCUT2D eigenvalue weighted by Gasteiger charge is 2.13. The summed E-state index contributed by atoms with van der Waals surface area (Å²) in [5, 5.41) is 0. The van der Waals surface area contributed by atoms with Crippen LogP contribution in [0.5, 0.6) is 0 Å². The first-order valence-corrected chi connectivity index (χ1v) is 5.42. The number of carbonyl (C=O) groups excluding carboxylic acids is 1. The fourth-order valence-electron chi connectivity index (χ4n) is 1.52. The van der Waals surface area contributed by atoms with Gasteiger partial charge in [0.1, 0.15) is 5.76 Å². The van der Waals surface area contributed by atoms with Gasteiger partial charge in [-0.15, -0.1) is 0 Å². The Hall–Kier alpha value is -1.33. The van der Waals surface area contributed by atoms with Gasteiger partial charge in [-0.1, -0.05) is 6.92 Å². The molecule has 0 radical (unpaired) electrons. The van der Waals surface area contributed by atoms with Gasteiger partial charge in [0.15, 0.2) is 5.76 Å².